The van der Waals surface area contributed by atoms with Crippen LogP contribution in [0.25, 0.3) is 0 Å². The summed E-state index contributed by atoms with van der Waals surface area (Å²) in [6, 6.07) is 6.46. The number of hydrogen-bond donors (Lipinski definition) is 1. The van der Waals surface area contributed by atoms with Crippen molar-refractivity contribution in [3.05, 3.63) is 41.6 Å². The average Bonchev–Trinajstić information content (AvgIpc) is 3.07. The molecule has 3 rings (SSSR count). The van der Waals surface area contributed by atoms with E-state index in [0.29, 0.717) is 6.04 Å². The summed E-state index contributed by atoms with van der Waals surface area (Å²) in [4.78, 5) is 0. The van der Waals surface area contributed by atoms with Gasteiger partial charge in [-0.1, -0.05) is 12.8 Å². The monoisotopic (exact) mass is 259 g/mol. The van der Waals surface area contributed by atoms with E-state index in [1.54, 1.807) is 0 Å². The summed E-state index contributed by atoms with van der Waals surface area (Å²) in [6.07, 6.45) is 7.98. The third kappa shape index (κ3) is 2.73. The van der Waals surface area contributed by atoms with Gasteiger partial charge in [-0.3, -0.25) is 4.68 Å². The third-order valence-electron chi connectivity index (χ3n) is 3.92. The molecule has 2 N–H and O–H groups in total. The predicted molar refractivity (Wildman–Crippen MR) is 73.8 cm³/mol. The summed E-state index contributed by atoms with van der Waals surface area (Å²) in [5, 5.41) is 4.66. The van der Waals surface area contributed by atoms with Crippen molar-refractivity contribution in [2.75, 3.05) is 0 Å². The first-order valence-electron chi connectivity index (χ1n) is 7.08. The Morgan fingerprint density at radius 2 is 2.16 bits per heavy atom. The lowest BCUT2D eigenvalue weighted by Gasteiger charge is -2.10. The molecule has 0 spiro atoms. The van der Waals surface area contributed by atoms with E-state index in [2.05, 4.69) is 22.0 Å². The second-order valence-corrected chi connectivity index (χ2v) is 5.48. The summed E-state index contributed by atoms with van der Waals surface area (Å²) >= 11 is 0. The van der Waals surface area contributed by atoms with Crippen LogP contribution in [0.2, 0.25) is 0 Å². The fourth-order valence-electron chi connectivity index (χ4n) is 2.84. The molecule has 0 aliphatic heterocycles. The Hall–Kier alpha value is -1.55. The molecule has 2 aromatic rings. The Kier molecular flexibility index (Phi) is 3.42. The fourth-order valence-corrected chi connectivity index (χ4v) is 2.84. The largest absolute Gasteiger partial charge is 0.465 e. The minimum Gasteiger partial charge on any atom is -0.465 e. The molecule has 2 aromatic heterocycles. The first-order valence-corrected chi connectivity index (χ1v) is 7.08. The van der Waals surface area contributed by atoms with E-state index in [1.165, 1.54) is 25.7 Å². The zero-order chi connectivity index (χ0) is 13.2. The van der Waals surface area contributed by atoms with Crippen LogP contribution in [0.4, 0.5) is 0 Å². The van der Waals surface area contributed by atoms with Gasteiger partial charge in [-0.25, -0.2) is 0 Å². The predicted octanol–water partition coefficient (Wildman–Crippen LogP) is 3.14. The molecule has 0 bridgehead atoms. The molecule has 102 valence electrons. The summed E-state index contributed by atoms with van der Waals surface area (Å²) in [5.41, 5.74) is 7.21. The third-order valence-corrected chi connectivity index (χ3v) is 3.92. The Morgan fingerprint density at radius 3 is 2.84 bits per heavy atom. The van der Waals surface area contributed by atoms with Gasteiger partial charge >= 0.3 is 0 Å². The van der Waals surface area contributed by atoms with Gasteiger partial charge < -0.3 is 10.2 Å². The van der Waals surface area contributed by atoms with Crippen LogP contribution in [0.1, 0.15) is 55.0 Å². The maximum atomic E-state index is 6.16. The van der Waals surface area contributed by atoms with Gasteiger partial charge in [-0.15, -0.1) is 0 Å². The van der Waals surface area contributed by atoms with E-state index in [1.807, 2.05) is 19.1 Å². The van der Waals surface area contributed by atoms with E-state index in [-0.39, 0.29) is 6.04 Å². The molecule has 0 radical (unpaired) electrons. The number of hydrogen-bond acceptors (Lipinski definition) is 3. The SMILES string of the molecule is Cc1ccc(C(N)Cc2ccn(C3CCCC3)n2)o1. The van der Waals surface area contributed by atoms with Crippen LogP contribution >= 0.6 is 0 Å². The van der Waals surface area contributed by atoms with Crippen LogP contribution in [0.5, 0.6) is 0 Å². The number of nitrogens with zero attached hydrogens (tertiary/aromatic N) is 2. The molecule has 1 saturated carbocycles. The summed E-state index contributed by atoms with van der Waals surface area (Å²) < 4.78 is 7.68. The van der Waals surface area contributed by atoms with Gasteiger partial charge in [0.15, 0.2) is 0 Å². The van der Waals surface area contributed by atoms with Crippen LogP contribution in [0, 0.1) is 6.92 Å². The molecule has 0 aromatic carbocycles. The lowest BCUT2D eigenvalue weighted by molar-refractivity contribution is 0.436. The van der Waals surface area contributed by atoms with E-state index in [9.17, 15) is 0 Å². The molecular formula is C15H21N3O. The van der Waals surface area contributed by atoms with Crippen LogP contribution in [-0.2, 0) is 6.42 Å². The topological polar surface area (TPSA) is 57.0 Å². The molecule has 2 heterocycles. The van der Waals surface area contributed by atoms with Crippen molar-refractivity contribution in [3.63, 3.8) is 0 Å². The molecule has 4 nitrogen and oxygen atoms in total. The molecule has 1 aliphatic carbocycles. The van der Waals surface area contributed by atoms with Gasteiger partial charge in [0.05, 0.1) is 17.8 Å². The van der Waals surface area contributed by atoms with Crippen molar-refractivity contribution in [3.8, 4) is 0 Å². The molecule has 1 atom stereocenters. The highest BCUT2D eigenvalue weighted by molar-refractivity contribution is 5.12. The van der Waals surface area contributed by atoms with Crippen molar-refractivity contribution in [2.24, 2.45) is 5.73 Å². The zero-order valence-electron chi connectivity index (χ0n) is 11.4. The second-order valence-electron chi connectivity index (χ2n) is 5.48. The quantitative estimate of drug-likeness (QED) is 0.917. The fraction of sp³-hybridized carbons (Fsp3) is 0.533. The molecule has 0 saturated heterocycles. The van der Waals surface area contributed by atoms with E-state index in [4.69, 9.17) is 10.2 Å². The molecule has 4 heteroatoms. The molecular weight excluding hydrogens is 238 g/mol. The Morgan fingerprint density at radius 1 is 1.37 bits per heavy atom. The number of furan rings is 1. The van der Waals surface area contributed by atoms with Crippen LogP contribution in [0.3, 0.4) is 0 Å². The smallest absolute Gasteiger partial charge is 0.121 e. The number of aromatic nitrogens is 2. The first kappa shape index (κ1) is 12.5. The van der Waals surface area contributed by atoms with E-state index < -0.39 is 0 Å². The highest BCUT2D eigenvalue weighted by atomic mass is 16.3. The molecule has 1 aliphatic rings. The van der Waals surface area contributed by atoms with Crippen molar-refractivity contribution < 1.29 is 4.42 Å². The Labute approximate surface area is 113 Å². The van der Waals surface area contributed by atoms with Crippen molar-refractivity contribution in [2.45, 2.75) is 51.1 Å². The first-order chi connectivity index (χ1) is 9.22. The van der Waals surface area contributed by atoms with E-state index in [0.717, 1.165) is 23.6 Å². The zero-order valence-corrected chi connectivity index (χ0v) is 11.4. The van der Waals surface area contributed by atoms with Gasteiger partial charge in [0.1, 0.15) is 11.5 Å². The van der Waals surface area contributed by atoms with Crippen LogP contribution in [0.15, 0.2) is 28.8 Å². The minimum atomic E-state index is -0.111. The molecule has 0 amide bonds. The molecule has 19 heavy (non-hydrogen) atoms. The Bertz CT molecular complexity index is 537. The highest BCUT2D eigenvalue weighted by Crippen LogP contribution is 2.29. The van der Waals surface area contributed by atoms with Crippen LogP contribution in [-0.4, -0.2) is 9.78 Å². The van der Waals surface area contributed by atoms with Crippen molar-refractivity contribution in [1.82, 2.24) is 9.78 Å². The average molecular weight is 259 g/mol. The van der Waals surface area contributed by atoms with Gasteiger partial charge in [-0.05, 0) is 38.0 Å². The van der Waals surface area contributed by atoms with Gasteiger partial charge in [-0.2, -0.15) is 5.10 Å². The van der Waals surface area contributed by atoms with E-state index >= 15 is 0 Å². The van der Waals surface area contributed by atoms with Crippen molar-refractivity contribution in [1.29, 1.82) is 0 Å². The second kappa shape index (κ2) is 5.21. The lowest BCUT2D eigenvalue weighted by atomic mass is 10.1. The Balaban J connectivity index is 1.66. The minimum absolute atomic E-state index is 0.111. The van der Waals surface area contributed by atoms with Gasteiger partial charge in [0.2, 0.25) is 0 Å². The maximum Gasteiger partial charge on any atom is 0.121 e. The maximum absolute atomic E-state index is 6.16. The van der Waals surface area contributed by atoms with Gasteiger partial charge in [0.25, 0.3) is 0 Å². The van der Waals surface area contributed by atoms with Crippen LogP contribution < -0.4 is 5.73 Å². The summed E-state index contributed by atoms with van der Waals surface area (Å²) in [6.45, 7) is 1.94. The molecule has 1 fully saturated rings. The summed E-state index contributed by atoms with van der Waals surface area (Å²) in [7, 11) is 0. The lowest BCUT2D eigenvalue weighted by Crippen LogP contribution is -2.13. The summed E-state index contributed by atoms with van der Waals surface area (Å²) in [5.74, 6) is 1.75. The van der Waals surface area contributed by atoms with Gasteiger partial charge in [0, 0.05) is 12.6 Å². The number of aryl methyl sites for hydroxylation is 1. The standard InChI is InChI=1S/C15H21N3O/c1-11-6-7-15(19-11)14(16)10-12-8-9-18(17-12)13-4-2-3-5-13/h6-9,13-14H,2-5,10,16H2,1H3. The number of rotatable bonds is 4. The normalized spacial score (nSPS) is 18.0. The highest BCUT2D eigenvalue weighted by Gasteiger charge is 2.18. The number of nitrogens with two attached hydrogens (primary N) is 1. The van der Waals surface area contributed by atoms with Crippen molar-refractivity contribution >= 4 is 0 Å². The molecule has 1 unspecified atom stereocenters.